The lowest BCUT2D eigenvalue weighted by Gasteiger charge is -2.11. The Kier molecular flexibility index (Phi) is 3.32. The van der Waals surface area contributed by atoms with Crippen molar-refractivity contribution in [2.24, 2.45) is 7.05 Å². The Morgan fingerprint density at radius 3 is 2.68 bits per heavy atom. The van der Waals surface area contributed by atoms with Crippen molar-refractivity contribution in [3.63, 3.8) is 0 Å². The lowest BCUT2D eigenvalue weighted by atomic mass is 10.0. The molecular formula is C20H16N2O3. The van der Waals surface area contributed by atoms with Crippen molar-refractivity contribution in [3.8, 4) is 11.4 Å². The fourth-order valence-corrected chi connectivity index (χ4v) is 3.18. The highest BCUT2D eigenvalue weighted by Crippen LogP contribution is 2.30. The first kappa shape index (κ1) is 15.3. The van der Waals surface area contributed by atoms with Crippen LogP contribution in [0.25, 0.3) is 33.3 Å². The number of Topliss-reactive ketones (excluding diaryl/α,β-unsaturated/α-hetero) is 1. The predicted octanol–water partition coefficient (Wildman–Crippen LogP) is 3.86. The molecule has 0 fully saturated rings. The molecule has 0 unspecified atom stereocenters. The number of furan rings is 1. The van der Waals surface area contributed by atoms with Gasteiger partial charge in [0, 0.05) is 18.0 Å². The number of carbonyl (C=O) groups is 1. The molecule has 25 heavy (non-hydrogen) atoms. The van der Waals surface area contributed by atoms with Crippen LogP contribution < -0.4 is 5.56 Å². The first-order chi connectivity index (χ1) is 12.0. The Hall–Kier alpha value is -3.21. The summed E-state index contributed by atoms with van der Waals surface area (Å²) in [7, 11) is 1.68. The van der Waals surface area contributed by atoms with Gasteiger partial charge < -0.3 is 4.42 Å². The van der Waals surface area contributed by atoms with E-state index >= 15 is 0 Å². The van der Waals surface area contributed by atoms with Crippen LogP contribution in [0.1, 0.15) is 22.8 Å². The van der Waals surface area contributed by atoms with Crippen molar-refractivity contribution >= 4 is 27.7 Å². The van der Waals surface area contributed by atoms with Crippen LogP contribution in [0.3, 0.4) is 0 Å². The fraction of sp³-hybridized carbons (Fsp3) is 0.150. The lowest BCUT2D eigenvalue weighted by molar-refractivity contribution is 0.101. The molecule has 2 aromatic carbocycles. The molecular weight excluding hydrogens is 316 g/mol. The van der Waals surface area contributed by atoms with E-state index in [-0.39, 0.29) is 11.3 Å². The molecule has 2 heterocycles. The maximum Gasteiger partial charge on any atom is 0.261 e. The standard InChI is InChI=1S/C20H16N2O3/c1-11-8-14(12(2)23)18-15(9-11)20(24)22(3)19(21-18)16-10-25-17-7-5-4-6-13(16)17/h4-10H,1-3H3. The number of aryl methyl sites for hydroxylation is 1. The molecule has 0 aliphatic carbocycles. The number of para-hydroxylation sites is 1. The normalized spacial score (nSPS) is 11.3. The van der Waals surface area contributed by atoms with E-state index in [1.807, 2.05) is 31.2 Å². The summed E-state index contributed by atoms with van der Waals surface area (Å²) in [6.45, 7) is 3.35. The van der Waals surface area contributed by atoms with E-state index in [2.05, 4.69) is 4.98 Å². The number of hydrogen-bond donors (Lipinski definition) is 0. The summed E-state index contributed by atoms with van der Waals surface area (Å²) >= 11 is 0. The van der Waals surface area contributed by atoms with Gasteiger partial charge in [-0.25, -0.2) is 4.98 Å². The van der Waals surface area contributed by atoms with E-state index in [1.54, 1.807) is 25.4 Å². The van der Waals surface area contributed by atoms with E-state index in [0.29, 0.717) is 22.3 Å². The van der Waals surface area contributed by atoms with Crippen LogP contribution in [-0.2, 0) is 7.05 Å². The topological polar surface area (TPSA) is 65.1 Å². The first-order valence-electron chi connectivity index (χ1n) is 7.96. The lowest BCUT2D eigenvalue weighted by Crippen LogP contribution is -2.21. The van der Waals surface area contributed by atoms with Gasteiger partial charge in [0.05, 0.1) is 16.5 Å². The number of fused-ring (bicyclic) bond motifs is 2. The largest absolute Gasteiger partial charge is 0.464 e. The second kappa shape index (κ2) is 5.41. The van der Waals surface area contributed by atoms with Crippen LogP contribution in [0.4, 0.5) is 0 Å². The minimum atomic E-state index is -0.184. The van der Waals surface area contributed by atoms with Crippen LogP contribution in [0.5, 0.6) is 0 Å². The Bertz CT molecular complexity index is 1220. The summed E-state index contributed by atoms with van der Waals surface area (Å²) < 4.78 is 7.09. The molecule has 0 aliphatic heterocycles. The molecule has 0 N–H and O–H groups in total. The Labute approximate surface area is 143 Å². The molecule has 2 aromatic heterocycles. The minimum absolute atomic E-state index is 0.113. The third-order valence-electron chi connectivity index (χ3n) is 4.43. The molecule has 5 nitrogen and oxygen atoms in total. The maximum atomic E-state index is 12.9. The molecule has 0 amide bonds. The van der Waals surface area contributed by atoms with Crippen LogP contribution in [0.2, 0.25) is 0 Å². The smallest absolute Gasteiger partial charge is 0.261 e. The van der Waals surface area contributed by atoms with Crippen molar-refractivity contribution in [1.82, 2.24) is 9.55 Å². The van der Waals surface area contributed by atoms with Crippen molar-refractivity contribution < 1.29 is 9.21 Å². The third-order valence-corrected chi connectivity index (χ3v) is 4.43. The molecule has 4 aromatic rings. The first-order valence-corrected chi connectivity index (χ1v) is 7.96. The van der Waals surface area contributed by atoms with Gasteiger partial charge in [-0.2, -0.15) is 0 Å². The number of benzene rings is 2. The number of nitrogens with zero attached hydrogens (tertiary/aromatic N) is 2. The zero-order valence-corrected chi connectivity index (χ0v) is 14.2. The Morgan fingerprint density at radius 2 is 1.92 bits per heavy atom. The molecule has 0 aliphatic rings. The van der Waals surface area contributed by atoms with E-state index < -0.39 is 0 Å². The van der Waals surface area contributed by atoms with Crippen LogP contribution >= 0.6 is 0 Å². The van der Waals surface area contributed by atoms with Gasteiger partial charge in [-0.1, -0.05) is 18.2 Å². The van der Waals surface area contributed by atoms with Gasteiger partial charge in [0.15, 0.2) is 5.78 Å². The quantitative estimate of drug-likeness (QED) is 0.523. The number of rotatable bonds is 2. The van der Waals surface area contributed by atoms with E-state index in [4.69, 9.17) is 4.42 Å². The minimum Gasteiger partial charge on any atom is -0.464 e. The third kappa shape index (κ3) is 2.28. The SMILES string of the molecule is CC(=O)c1cc(C)cc2c(=O)n(C)c(-c3coc4ccccc34)nc12. The molecule has 0 bridgehead atoms. The second-order valence-corrected chi connectivity index (χ2v) is 6.21. The number of ketones is 1. The van der Waals surface area contributed by atoms with Gasteiger partial charge in [0.2, 0.25) is 0 Å². The molecule has 0 saturated heterocycles. The molecule has 0 spiro atoms. The summed E-state index contributed by atoms with van der Waals surface area (Å²) in [5, 5.41) is 1.32. The van der Waals surface area contributed by atoms with Crippen LogP contribution in [-0.4, -0.2) is 15.3 Å². The zero-order chi connectivity index (χ0) is 17.7. The summed E-state index contributed by atoms with van der Waals surface area (Å²) in [4.78, 5) is 29.6. The monoisotopic (exact) mass is 332 g/mol. The van der Waals surface area contributed by atoms with E-state index in [0.717, 1.165) is 22.1 Å². The van der Waals surface area contributed by atoms with Gasteiger partial charge >= 0.3 is 0 Å². The van der Waals surface area contributed by atoms with Crippen molar-refractivity contribution in [2.45, 2.75) is 13.8 Å². The van der Waals surface area contributed by atoms with Crippen molar-refractivity contribution in [2.75, 3.05) is 0 Å². The summed E-state index contributed by atoms with van der Waals surface area (Å²) in [5.41, 5.74) is 3.02. The number of carbonyl (C=O) groups excluding carboxylic acids is 1. The van der Waals surface area contributed by atoms with E-state index in [1.165, 1.54) is 11.5 Å². The average molecular weight is 332 g/mol. The van der Waals surface area contributed by atoms with Gasteiger partial charge in [-0.3, -0.25) is 14.2 Å². The van der Waals surface area contributed by atoms with Gasteiger partial charge in [-0.15, -0.1) is 0 Å². The van der Waals surface area contributed by atoms with Crippen LogP contribution in [0, 0.1) is 6.92 Å². The summed E-state index contributed by atoms with van der Waals surface area (Å²) in [6.07, 6.45) is 1.60. The highest BCUT2D eigenvalue weighted by Gasteiger charge is 2.18. The van der Waals surface area contributed by atoms with E-state index in [9.17, 15) is 9.59 Å². The Balaban J connectivity index is 2.14. The van der Waals surface area contributed by atoms with Crippen molar-refractivity contribution in [3.05, 3.63) is 64.1 Å². The highest BCUT2D eigenvalue weighted by molar-refractivity contribution is 6.06. The molecule has 124 valence electrons. The average Bonchev–Trinajstić information content (AvgIpc) is 3.01. The fourth-order valence-electron chi connectivity index (χ4n) is 3.18. The number of hydrogen-bond acceptors (Lipinski definition) is 4. The molecule has 0 saturated carbocycles. The zero-order valence-electron chi connectivity index (χ0n) is 14.2. The van der Waals surface area contributed by atoms with Gasteiger partial charge in [0.25, 0.3) is 5.56 Å². The molecule has 0 radical (unpaired) electrons. The van der Waals surface area contributed by atoms with Crippen LogP contribution in [0.15, 0.2) is 51.9 Å². The predicted molar refractivity (Wildman–Crippen MR) is 96.9 cm³/mol. The highest BCUT2D eigenvalue weighted by atomic mass is 16.3. The van der Waals surface area contributed by atoms with Gasteiger partial charge in [0.1, 0.15) is 17.7 Å². The van der Waals surface area contributed by atoms with Gasteiger partial charge in [-0.05, 0) is 37.6 Å². The number of aromatic nitrogens is 2. The molecule has 5 heteroatoms. The van der Waals surface area contributed by atoms with Crippen molar-refractivity contribution in [1.29, 1.82) is 0 Å². The molecule has 4 rings (SSSR count). The maximum absolute atomic E-state index is 12.9. The summed E-state index contributed by atoms with van der Waals surface area (Å²) in [5.74, 6) is 0.367. The second-order valence-electron chi connectivity index (χ2n) is 6.21. The molecule has 0 atom stereocenters. The Morgan fingerprint density at radius 1 is 1.16 bits per heavy atom. The summed E-state index contributed by atoms with van der Waals surface area (Å²) in [6, 6.07) is 11.1.